The molecule has 6 nitrogen and oxygen atoms in total. The minimum Gasteiger partial charge on any atom is -0.466 e. The van der Waals surface area contributed by atoms with E-state index in [-0.39, 0.29) is 21.2 Å². The summed E-state index contributed by atoms with van der Waals surface area (Å²) in [6.07, 6.45) is -2.44. The molecule has 1 atom stereocenters. The van der Waals surface area contributed by atoms with E-state index in [0.717, 1.165) is 36.2 Å². The van der Waals surface area contributed by atoms with E-state index in [9.17, 15) is 28.0 Å². The second-order valence-corrected chi connectivity index (χ2v) is 8.39. The molecule has 0 bridgehead atoms. The van der Waals surface area contributed by atoms with Gasteiger partial charge in [0.25, 0.3) is 5.91 Å². The van der Waals surface area contributed by atoms with Crippen molar-refractivity contribution in [1.29, 1.82) is 5.26 Å². The van der Waals surface area contributed by atoms with Crippen molar-refractivity contribution >= 4 is 39.8 Å². The van der Waals surface area contributed by atoms with Gasteiger partial charge in [-0.15, -0.1) is 11.3 Å². The first kappa shape index (κ1) is 22.9. The molecule has 1 amide bonds. The molecule has 0 aliphatic heterocycles. The Bertz CT molecular complexity index is 1050. The number of aryl methyl sites for hydroxylation is 1. The molecule has 3 rings (SSSR count). The highest BCUT2D eigenvalue weighted by Crippen LogP contribution is 2.41. The summed E-state index contributed by atoms with van der Waals surface area (Å²) in [7, 11) is 0.781. The smallest absolute Gasteiger partial charge is 0.441 e. The summed E-state index contributed by atoms with van der Waals surface area (Å²) in [6.45, 7) is 0. The number of rotatable bonds is 5. The first-order chi connectivity index (χ1) is 14.6. The molecule has 0 saturated heterocycles. The summed E-state index contributed by atoms with van der Waals surface area (Å²) in [5.41, 5.74) is -3.03. The number of nitriles is 1. The third-order valence-electron chi connectivity index (χ3n) is 4.91. The number of esters is 1. The van der Waals surface area contributed by atoms with E-state index < -0.39 is 23.7 Å². The average molecular weight is 472 g/mol. The van der Waals surface area contributed by atoms with E-state index in [1.807, 2.05) is 6.07 Å². The average Bonchev–Trinajstić information content (AvgIpc) is 3.08. The lowest BCUT2D eigenvalue weighted by Crippen LogP contribution is -2.69. The summed E-state index contributed by atoms with van der Waals surface area (Å²) in [5.74, 6) is -2.94. The highest BCUT2D eigenvalue weighted by Gasteiger charge is 2.64. The van der Waals surface area contributed by atoms with E-state index in [0.29, 0.717) is 18.4 Å². The van der Waals surface area contributed by atoms with Crippen LogP contribution in [0.25, 0.3) is 0 Å². The number of nitrogens with one attached hydrogen (secondary N) is 2. The van der Waals surface area contributed by atoms with Crippen LogP contribution >= 0.6 is 22.9 Å². The lowest BCUT2D eigenvalue weighted by Gasteiger charge is -2.34. The first-order valence-corrected chi connectivity index (χ1v) is 10.4. The molecular formula is C20H17ClF3N3O3S. The first-order valence-electron chi connectivity index (χ1n) is 9.19. The van der Waals surface area contributed by atoms with Crippen LogP contribution in [0.1, 0.15) is 39.2 Å². The van der Waals surface area contributed by atoms with Gasteiger partial charge in [0.1, 0.15) is 11.1 Å². The van der Waals surface area contributed by atoms with Crippen molar-refractivity contribution in [2.75, 3.05) is 12.4 Å². The number of halogens is 4. The zero-order valence-electron chi connectivity index (χ0n) is 16.2. The van der Waals surface area contributed by atoms with Gasteiger partial charge in [-0.3, -0.25) is 4.79 Å². The minimum atomic E-state index is -5.29. The molecule has 31 heavy (non-hydrogen) atoms. The monoisotopic (exact) mass is 471 g/mol. The Morgan fingerprint density at radius 2 is 1.84 bits per heavy atom. The maximum absolute atomic E-state index is 14.3. The fourth-order valence-corrected chi connectivity index (χ4v) is 4.75. The third kappa shape index (κ3) is 4.34. The Hall–Kier alpha value is -2.77. The molecule has 1 heterocycles. The van der Waals surface area contributed by atoms with Gasteiger partial charge in [-0.05, 0) is 55.5 Å². The molecule has 0 spiro atoms. The predicted molar refractivity (Wildman–Crippen MR) is 109 cm³/mol. The number of nitrogens with zero attached hydrogens (tertiary/aromatic N) is 1. The number of thiophene rings is 1. The number of benzene rings is 1. The SMILES string of the molecule is COC(=O)[C@@](NC(=O)c1ccc(Cl)cc1)(Nc1sc2c(c1C#N)CCCC2)C(F)(F)F. The summed E-state index contributed by atoms with van der Waals surface area (Å²) in [4.78, 5) is 25.8. The van der Waals surface area contributed by atoms with Crippen LogP contribution in [0.15, 0.2) is 24.3 Å². The Morgan fingerprint density at radius 3 is 2.42 bits per heavy atom. The van der Waals surface area contributed by atoms with Crippen molar-refractivity contribution in [1.82, 2.24) is 5.32 Å². The van der Waals surface area contributed by atoms with Gasteiger partial charge in [0.05, 0.1) is 12.7 Å². The van der Waals surface area contributed by atoms with Crippen molar-refractivity contribution in [3.63, 3.8) is 0 Å². The number of methoxy groups -OCH3 is 1. The molecule has 1 aromatic heterocycles. The van der Waals surface area contributed by atoms with Crippen LogP contribution in [0, 0.1) is 11.3 Å². The maximum atomic E-state index is 14.3. The van der Waals surface area contributed by atoms with E-state index in [1.54, 1.807) is 5.32 Å². The van der Waals surface area contributed by atoms with Gasteiger partial charge in [-0.1, -0.05) is 11.6 Å². The normalized spacial score (nSPS) is 15.2. The van der Waals surface area contributed by atoms with Crippen molar-refractivity contribution < 1.29 is 27.5 Å². The summed E-state index contributed by atoms with van der Waals surface area (Å²) in [5, 5.41) is 13.6. The van der Waals surface area contributed by atoms with Gasteiger partial charge in [-0.25, -0.2) is 4.79 Å². The molecule has 0 fully saturated rings. The predicted octanol–water partition coefficient (Wildman–Crippen LogP) is 4.43. The highest BCUT2D eigenvalue weighted by atomic mass is 35.5. The number of alkyl halides is 3. The molecular weight excluding hydrogens is 455 g/mol. The van der Waals surface area contributed by atoms with Crippen LogP contribution in [-0.4, -0.2) is 30.8 Å². The molecule has 1 aromatic carbocycles. The third-order valence-corrected chi connectivity index (χ3v) is 6.37. The van der Waals surface area contributed by atoms with Crippen LogP contribution in [-0.2, 0) is 22.4 Å². The highest BCUT2D eigenvalue weighted by molar-refractivity contribution is 7.16. The summed E-state index contributed by atoms with van der Waals surface area (Å²) >= 11 is 6.73. The molecule has 11 heteroatoms. The van der Waals surface area contributed by atoms with Crippen LogP contribution in [0.3, 0.4) is 0 Å². The molecule has 0 saturated carbocycles. The van der Waals surface area contributed by atoms with E-state index in [1.165, 1.54) is 24.3 Å². The van der Waals surface area contributed by atoms with Crippen molar-refractivity contribution in [3.05, 3.63) is 50.9 Å². The fourth-order valence-electron chi connectivity index (χ4n) is 3.33. The molecule has 0 radical (unpaired) electrons. The molecule has 164 valence electrons. The number of amides is 1. The van der Waals surface area contributed by atoms with Crippen LogP contribution in [0.4, 0.5) is 18.2 Å². The Morgan fingerprint density at radius 1 is 1.19 bits per heavy atom. The number of hydrogen-bond donors (Lipinski definition) is 2. The largest absolute Gasteiger partial charge is 0.466 e. The fraction of sp³-hybridized carbons (Fsp3) is 0.350. The van der Waals surface area contributed by atoms with Crippen molar-refractivity contribution in [2.45, 2.75) is 37.5 Å². The topological polar surface area (TPSA) is 91.2 Å². The quantitative estimate of drug-likeness (QED) is 0.497. The second-order valence-electron chi connectivity index (χ2n) is 6.85. The van der Waals surface area contributed by atoms with Gasteiger partial charge in [0.15, 0.2) is 0 Å². The van der Waals surface area contributed by atoms with Gasteiger partial charge >= 0.3 is 17.8 Å². The molecule has 2 N–H and O–H groups in total. The van der Waals surface area contributed by atoms with Gasteiger partial charge in [-0.2, -0.15) is 18.4 Å². The second kappa shape index (κ2) is 8.77. The molecule has 0 unspecified atom stereocenters. The maximum Gasteiger partial charge on any atom is 0.441 e. The number of anilines is 1. The number of carbonyl (C=O) groups excluding carboxylic acids is 2. The van der Waals surface area contributed by atoms with E-state index in [4.69, 9.17) is 11.6 Å². The standard InChI is InChI=1S/C20H17ClF3N3O3S/c1-30-18(29)19(20(22,23)24,26-16(28)11-6-8-12(21)9-7-11)27-17-14(10-25)13-4-2-3-5-15(13)31-17/h6-9,27H,2-5H2,1H3,(H,26,28)/t19-/m1/s1. The lowest BCUT2D eigenvalue weighted by atomic mass is 9.96. The Kier molecular flexibility index (Phi) is 6.48. The van der Waals surface area contributed by atoms with E-state index in [2.05, 4.69) is 10.1 Å². The molecule has 2 aromatic rings. The zero-order chi connectivity index (χ0) is 22.8. The number of carbonyl (C=O) groups is 2. The van der Waals surface area contributed by atoms with Crippen molar-refractivity contribution in [2.24, 2.45) is 0 Å². The van der Waals surface area contributed by atoms with Gasteiger partial charge in [0, 0.05) is 15.5 Å². The number of fused-ring (bicyclic) bond motifs is 1. The van der Waals surface area contributed by atoms with Crippen molar-refractivity contribution in [3.8, 4) is 6.07 Å². The zero-order valence-corrected chi connectivity index (χ0v) is 17.8. The molecule has 1 aliphatic carbocycles. The van der Waals surface area contributed by atoms with Crippen LogP contribution in [0.2, 0.25) is 5.02 Å². The van der Waals surface area contributed by atoms with Gasteiger partial charge in [0.2, 0.25) is 0 Å². The number of ether oxygens (including phenoxy) is 1. The Labute approximate surface area is 185 Å². The Balaban J connectivity index is 2.08. The summed E-state index contributed by atoms with van der Waals surface area (Å²) in [6, 6.07) is 7.04. The molecule has 1 aliphatic rings. The minimum absolute atomic E-state index is 0.0398. The lowest BCUT2D eigenvalue weighted by molar-refractivity contribution is -0.203. The number of hydrogen-bond acceptors (Lipinski definition) is 6. The van der Waals surface area contributed by atoms with Gasteiger partial charge < -0.3 is 15.4 Å². The van der Waals surface area contributed by atoms with Crippen LogP contribution < -0.4 is 10.6 Å². The van der Waals surface area contributed by atoms with E-state index >= 15 is 0 Å². The summed E-state index contributed by atoms with van der Waals surface area (Å²) < 4.78 is 47.3. The van der Waals surface area contributed by atoms with Crippen LogP contribution in [0.5, 0.6) is 0 Å².